The fourth-order valence-corrected chi connectivity index (χ4v) is 3.32. The Hall–Kier alpha value is -1.29. The predicted octanol–water partition coefficient (Wildman–Crippen LogP) is 1.26. The van der Waals surface area contributed by atoms with Crippen LogP contribution in [0.1, 0.15) is 19.3 Å². The molecule has 3 N–H and O–H groups in total. The van der Waals surface area contributed by atoms with Crippen LogP contribution in [0.2, 0.25) is 0 Å². The smallest absolute Gasteiger partial charge is 0.151 e. The number of aliphatic hydroxyl groups excluding tert-OH is 1. The summed E-state index contributed by atoms with van der Waals surface area (Å²) < 4.78 is 0. The second kappa shape index (κ2) is 3.88. The fraction of sp³-hybridized carbons (Fsp3) is 0.615. The number of aliphatic hydroxyl groups is 1. The molecule has 4 heteroatoms. The second-order valence-corrected chi connectivity index (χ2v) is 5.39. The fourth-order valence-electron chi connectivity index (χ4n) is 3.32. The van der Waals surface area contributed by atoms with Crippen molar-refractivity contribution in [2.75, 3.05) is 30.3 Å². The molecule has 2 fully saturated rings. The normalized spacial score (nSPS) is 26.2. The number of nitrogens with zero attached hydrogens (tertiary/aromatic N) is 2. The third-order valence-electron chi connectivity index (χ3n) is 4.50. The first-order chi connectivity index (χ1) is 8.25. The maximum Gasteiger partial charge on any atom is 0.151 e. The van der Waals surface area contributed by atoms with Gasteiger partial charge in [-0.3, -0.25) is 0 Å². The maximum absolute atomic E-state index is 9.52. The van der Waals surface area contributed by atoms with E-state index in [1.54, 1.807) is 6.20 Å². The van der Waals surface area contributed by atoms with Crippen molar-refractivity contribution in [2.45, 2.75) is 19.3 Å². The lowest BCUT2D eigenvalue weighted by Gasteiger charge is -2.42. The summed E-state index contributed by atoms with van der Waals surface area (Å²) in [6.45, 7) is 2.17. The van der Waals surface area contributed by atoms with Gasteiger partial charge in [-0.25, -0.2) is 4.98 Å². The van der Waals surface area contributed by atoms with Gasteiger partial charge in [0.1, 0.15) is 0 Å². The van der Waals surface area contributed by atoms with Gasteiger partial charge in [-0.1, -0.05) is 6.42 Å². The SMILES string of the molecule is Nc1cccnc1N1C[C@@H](CO)C2(CCC2)C1. The number of aromatic nitrogens is 1. The Balaban J connectivity index is 1.85. The molecule has 1 atom stereocenters. The Morgan fingerprint density at radius 3 is 2.88 bits per heavy atom. The minimum absolute atomic E-state index is 0.281. The van der Waals surface area contributed by atoms with Gasteiger partial charge in [-0.05, 0) is 30.4 Å². The summed E-state index contributed by atoms with van der Waals surface area (Å²) in [5.74, 6) is 1.27. The van der Waals surface area contributed by atoms with Crippen molar-refractivity contribution in [1.29, 1.82) is 0 Å². The van der Waals surface area contributed by atoms with Gasteiger partial charge in [0.25, 0.3) is 0 Å². The Morgan fingerprint density at radius 2 is 2.35 bits per heavy atom. The van der Waals surface area contributed by atoms with Crippen LogP contribution in [-0.2, 0) is 0 Å². The number of rotatable bonds is 2. The second-order valence-electron chi connectivity index (χ2n) is 5.39. The first-order valence-corrected chi connectivity index (χ1v) is 6.31. The van der Waals surface area contributed by atoms with Crippen molar-refractivity contribution >= 4 is 11.5 Å². The summed E-state index contributed by atoms with van der Waals surface area (Å²) in [6, 6.07) is 3.75. The summed E-state index contributed by atoms with van der Waals surface area (Å²) in [5, 5.41) is 9.52. The van der Waals surface area contributed by atoms with E-state index in [0.29, 0.717) is 11.3 Å². The highest BCUT2D eigenvalue weighted by Gasteiger charge is 2.50. The monoisotopic (exact) mass is 233 g/mol. The zero-order valence-corrected chi connectivity index (χ0v) is 9.97. The summed E-state index contributed by atoms with van der Waals surface area (Å²) in [5.41, 5.74) is 7.04. The standard InChI is InChI=1S/C13H19N3O/c14-11-3-1-6-15-12(11)16-7-10(8-17)13(9-16)4-2-5-13/h1,3,6,10,17H,2,4-5,7-9,14H2/t10-/m0/s1. The molecular weight excluding hydrogens is 214 g/mol. The van der Waals surface area contributed by atoms with E-state index < -0.39 is 0 Å². The van der Waals surface area contributed by atoms with Crippen LogP contribution in [0.3, 0.4) is 0 Å². The van der Waals surface area contributed by atoms with Gasteiger partial charge in [0.2, 0.25) is 0 Å². The number of nitrogens with two attached hydrogens (primary N) is 1. The highest BCUT2D eigenvalue weighted by molar-refractivity contribution is 5.63. The highest BCUT2D eigenvalue weighted by Crippen LogP contribution is 2.52. The minimum atomic E-state index is 0.281. The summed E-state index contributed by atoms with van der Waals surface area (Å²) in [7, 11) is 0. The van der Waals surface area contributed by atoms with E-state index in [1.807, 2.05) is 12.1 Å². The Kier molecular flexibility index (Phi) is 2.47. The van der Waals surface area contributed by atoms with E-state index >= 15 is 0 Å². The molecule has 1 aliphatic carbocycles. The van der Waals surface area contributed by atoms with Crippen molar-refractivity contribution in [3.63, 3.8) is 0 Å². The van der Waals surface area contributed by atoms with Crippen LogP contribution in [0.5, 0.6) is 0 Å². The van der Waals surface area contributed by atoms with Crippen LogP contribution in [-0.4, -0.2) is 29.8 Å². The van der Waals surface area contributed by atoms with Gasteiger partial charge in [-0.15, -0.1) is 0 Å². The Bertz CT molecular complexity index is 417. The van der Waals surface area contributed by atoms with Crippen LogP contribution in [0.25, 0.3) is 0 Å². The zero-order valence-electron chi connectivity index (χ0n) is 9.97. The molecule has 0 unspecified atom stereocenters. The highest BCUT2D eigenvalue weighted by atomic mass is 16.3. The van der Waals surface area contributed by atoms with Gasteiger partial charge in [0, 0.05) is 31.8 Å². The Morgan fingerprint density at radius 1 is 1.53 bits per heavy atom. The van der Waals surface area contributed by atoms with E-state index in [4.69, 9.17) is 5.73 Å². The molecular formula is C13H19N3O. The minimum Gasteiger partial charge on any atom is -0.396 e. The first-order valence-electron chi connectivity index (χ1n) is 6.31. The molecule has 17 heavy (non-hydrogen) atoms. The molecule has 1 spiro atoms. The molecule has 3 rings (SSSR count). The van der Waals surface area contributed by atoms with E-state index in [1.165, 1.54) is 19.3 Å². The average Bonchev–Trinajstić information content (AvgIpc) is 2.69. The van der Waals surface area contributed by atoms with Crippen molar-refractivity contribution in [3.05, 3.63) is 18.3 Å². The zero-order chi connectivity index (χ0) is 11.9. The van der Waals surface area contributed by atoms with Crippen LogP contribution < -0.4 is 10.6 Å². The molecule has 0 radical (unpaired) electrons. The molecule has 4 nitrogen and oxygen atoms in total. The van der Waals surface area contributed by atoms with Gasteiger partial charge in [0.05, 0.1) is 5.69 Å². The van der Waals surface area contributed by atoms with Gasteiger partial charge < -0.3 is 15.7 Å². The van der Waals surface area contributed by atoms with Crippen molar-refractivity contribution in [3.8, 4) is 0 Å². The van der Waals surface area contributed by atoms with E-state index in [-0.39, 0.29) is 6.61 Å². The van der Waals surface area contributed by atoms with Crippen LogP contribution >= 0.6 is 0 Å². The average molecular weight is 233 g/mol. The summed E-state index contributed by atoms with van der Waals surface area (Å²) >= 11 is 0. The molecule has 2 aliphatic rings. The predicted molar refractivity (Wildman–Crippen MR) is 67.7 cm³/mol. The molecule has 1 aromatic heterocycles. The maximum atomic E-state index is 9.52. The number of nitrogen functional groups attached to an aromatic ring is 1. The lowest BCUT2D eigenvalue weighted by molar-refractivity contribution is 0.0571. The number of hydrogen-bond acceptors (Lipinski definition) is 4. The Labute approximate surface area is 101 Å². The molecule has 1 saturated heterocycles. The lowest BCUT2D eigenvalue weighted by atomic mass is 9.63. The summed E-state index contributed by atoms with van der Waals surface area (Å²) in [4.78, 5) is 6.62. The van der Waals surface area contributed by atoms with Crippen molar-refractivity contribution in [2.24, 2.45) is 11.3 Å². The van der Waals surface area contributed by atoms with Gasteiger partial charge in [-0.2, -0.15) is 0 Å². The van der Waals surface area contributed by atoms with E-state index in [0.717, 1.165) is 24.6 Å². The van der Waals surface area contributed by atoms with Gasteiger partial charge >= 0.3 is 0 Å². The molecule has 0 bridgehead atoms. The summed E-state index contributed by atoms with van der Waals surface area (Å²) in [6.07, 6.45) is 5.55. The van der Waals surface area contributed by atoms with E-state index in [9.17, 15) is 5.11 Å². The molecule has 1 saturated carbocycles. The van der Waals surface area contributed by atoms with Crippen LogP contribution in [0.15, 0.2) is 18.3 Å². The van der Waals surface area contributed by atoms with Gasteiger partial charge in [0.15, 0.2) is 5.82 Å². The van der Waals surface area contributed by atoms with E-state index in [2.05, 4.69) is 9.88 Å². The topological polar surface area (TPSA) is 62.4 Å². The molecule has 1 aliphatic heterocycles. The molecule has 1 aromatic rings. The number of pyridine rings is 1. The van der Waals surface area contributed by atoms with Crippen molar-refractivity contribution < 1.29 is 5.11 Å². The third-order valence-corrected chi connectivity index (χ3v) is 4.50. The van der Waals surface area contributed by atoms with Crippen LogP contribution in [0.4, 0.5) is 11.5 Å². The number of hydrogen-bond donors (Lipinski definition) is 2. The number of anilines is 2. The van der Waals surface area contributed by atoms with Crippen molar-refractivity contribution in [1.82, 2.24) is 4.98 Å². The third kappa shape index (κ3) is 1.59. The molecule has 0 aromatic carbocycles. The largest absolute Gasteiger partial charge is 0.396 e. The first kappa shape index (κ1) is 10.8. The molecule has 2 heterocycles. The quantitative estimate of drug-likeness (QED) is 0.807. The lowest BCUT2D eigenvalue weighted by Crippen LogP contribution is -2.39. The molecule has 92 valence electrons. The van der Waals surface area contributed by atoms with Crippen LogP contribution in [0, 0.1) is 11.3 Å². The molecule has 0 amide bonds.